The van der Waals surface area contributed by atoms with Gasteiger partial charge in [-0.05, 0) is 34.1 Å². The van der Waals surface area contributed by atoms with Crippen LogP contribution in [0.15, 0.2) is 31.6 Å². The molecule has 0 N–H and O–H groups in total. The molecule has 4 heteroatoms. The summed E-state index contributed by atoms with van der Waals surface area (Å²) < 4.78 is 7.19. The number of furan rings is 1. The van der Waals surface area contributed by atoms with Crippen LogP contribution in [0.5, 0.6) is 0 Å². The van der Waals surface area contributed by atoms with Crippen LogP contribution in [0.25, 0.3) is 11.0 Å². The molecule has 2 nitrogen and oxygen atoms in total. The molecule has 0 saturated carbocycles. The maximum atomic E-state index is 11.1. The Labute approximate surface area is 97.5 Å². The summed E-state index contributed by atoms with van der Waals surface area (Å²) in [6, 6.07) is 5.54. The zero-order valence-corrected chi connectivity index (χ0v) is 10.5. The lowest BCUT2D eigenvalue weighted by molar-refractivity contribution is 0.0989. The highest BCUT2D eigenvalue weighted by Gasteiger charge is 2.10. The molecule has 2 aromatic rings. The fourth-order valence-corrected chi connectivity index (χ4v) is 2.59. The molecule has 0 radical (unpaired) electrons. The van der Waals surface area contributed by atoms with Gasteiger partial charge < -0.3 is 4.42 Å². The highest BCUT2D eigenvalue weighted by Crippen LogP contribution is 2.30. The Morgan fingerprint density at radius 3 is 2.64 bits per heavy atom. The second kappa shape index (κ2) is 3.51. The van der Waals surface area contributed by atoms with Gasteiger partial charge in [0.25, 0.3) is 0 Å². The molecule has 0 fully saturated rings. The molecule has 0 unspecified atom stereocenters. The number of carbonyl (C=O) groups excluding carboxylic acids is 1. The van der Waals surface area contributed by atoms with Crippen molar-refractivity contribution in [2.75, 3.05) is 0 Å². The second-order valence-corrected chi connectivity index (χ2v) is 4.74. The molecule has 0 amide bonds. The zero-order chi connectivity index (χ0) is 10.3. The Morgan fingerprint density at radius 1 is 1.29 bits per heavy atom. The first-order chi connectivity index (χ1) is 6.58. The Morgan fingerprint density at radius 2 is 2.00 bits per heavy atom. The second-order valence-electron chi connectivity index (χ2n) is 2.97. The molecule has 72 valence electrons. The predicted octanol–water partition coefficient (Wildman–Crippen LogP) is 4.16. The van der Waals surface area contributed by atoms with E-state index in [9.17, 15) is 4.79 Å². The van der Waals surface area contributed by atoms with Gasteiger partial charge in [0.2, 0.25) is 0 Å². The van der Waals surface area contributed by atoms with Crippen LogP contribution >= 0.6 is 31.9 Å². The fourth-order valence-electron chi connectivity index (χ4n) is 1.25. The van der Waals surface area contributed by atoms with Crippen LogP contribution in [0, 0.1) is 0 Å². The number of Topliss-reactive ketones (excluding diaryl/α,β-unsaturated/α-hetero) is 1. The molecule has 0 bridgehead atoms. The van der Waals surface area contributed by atoms with Crippen molar-refractivity contribution in [3.8, 4) is 0 Å². The van der Waals surface area contributed by atoms with Crippen molar-refractivity contribution in [2.45, 2.75) is 6.92 Å². The minimum atomic E-state index is -0.0655. The van der Waals surface area contributed by atoms with Gasteiger partial charge in [-0.25, -0.2) is 0 Å². The van der Waals surface area contributed by atoms with Crippen LogP contribution in [0.1, 0.15) is 17.5 Å². The lowest BCUT2D eigenvalue weighted by Gasteiger charge is -1.93. The maximum Gasteiger partial charge on any atom is 0.194 e. The van der Waals surface area contributed by atoms with E-state index >= 15 is 0 Å². The molecule has 14 heavy (non-hydrogen) atoms. The van der Waals surface area contributed by atoms with E-state index in [1.807, 2.05) is 12.1 Å². The van der Waals surface area contributed by atoms with E-state index in [2.05, 4.69) is 31.9 Å². The fraction of sp³-hybridized carbons (Fsp3) is 0.100. The predicted molar refractivity (Wildman–Crippen MR) is 61.6 cm³/mol. The standard InChI is InChI=1S/C10H6Br2O2/c1-5(13)9-3-6-2-7(11)4-8(12)10(6)14-9/h2-4H,1H3. The van der Waals surface area contributed by atoms with Gasteiger partial charge in [0.1, 0.15) is 5.58 Å². The van der Waals surface area contributed by atoms with Crippen molar-refractivity contribution in [3.63, 3.8) is 0 Å². The number of fused-ring (bicyclic) bond motifs is 1. The lowest BCUT2D eigenvalue weighted by Crippen LogP contribution is -1.85. The SMILES string of the molecule is CC(=O)c1cc2cc(Br)cc(Br)c2o1. The van der Waals surface area contributed by atoms with Crippen molar-refractivity contribution in [3.05, 3.63) is 32.9 Å². The van der Waals surface area contributed by atoms with Gasteiger partial charge in [-0.3, -0.25) is 4.79 Å². The van der Waals surface area contributed by atoms with E-state index in [1.165, 1.54) is 6.92 Å². The number of halogens is 2. The van der Waals surface area contributed by atoms with Crippen LogP contribution in [0.2, 0.25) is 0 Å². The van der Waals surface area contributed by atoms with Crippen molar-refractivity contribution in [2.24, 2.45) is 0 Å². The van der Waals surface area contributed by atoms with Crippen molar-refractivity contribution in [1.29, 1.82) is 0 Å². The van der Waals surface area contributed by atoms with Crippen LogP contribution in [-0.2, 0) is 0 Å². The molecule has 0 saturated heterocycles. The van der Waals surface area contributed by atoms with E-state index in [0.717, 1.165) is 14.3 Å². The largest absolute Gasteiger partial charge is 0.452 e. The summed E-state index contributed by atoms with van der Waals surface area (Å²) in [6.45, 7) is 1.49. The van der Waals surface area contributed by atoms with Crippen molar-refractivity contribution < 1.29 is 9.21 Å². The summed E-state index contributed by atoms with van der Waals surface area (Å²) in [5.74, 6) is 0.322. The number of ketones is 1. The molecule has 0 aliphatic carbocycles. The van der Waals surface area contributed by atoms with Gasteiger partial charge in [-0.2, -0.15) is 0 Å². The average Bonchev–Trinajstić information content (AvgIpc) is 2.47. The van der Waals surface area contributed by atoms with E-state index in [4.69, 9.17) is 4.42 Å². The van der Waals surface area contributed by atoms with Crippen LogP contribution in [-0.4, -0.2) is 5.78 Å². The molecular formula is C10H6Br2O2. The van der Waals surface area contributed by atoms with Gasteiger partial charge in [0.15, 0.2) is 11.5 Å². The summed E-state index contributed by atoms with van der Waals surface area (Å²) in [4.78, 5) is 11.1. The van der Waals surface area contributed by atoms with E-state index in [1.54, 1.807) is 6.07 Å². The van der Waals surface area contributed by atoms with Crippen LogP contribution in [0.4, 0.5) is 0 Å². The molecule has 0 aliphatic rings. The first kappa shape index (κ1) is 9.93. The summed E-state index contributed by atoms with van der Waals surface area (Å²) in [7, 11) is 0. The molecule has 1 heterocycles. The molecule has 0 aliphatic heterocycles. The van der Waals surface area contributed by atoms with Crippen LogP contribution in [0.3, 0.4) is 0 Å². The lowest BCUT2D eigenvalue weighted by atomic mass is 10.2. The third-order valence-electron chi connectivity index (χ3n) is 1.88. The third kappa shape index (κ3) is 1.64. The Bertz CT molecular complexity index is 514. The monoisotopic (exact) mass is 316 g/mol. The molecular weight excluding hydrogens is 312 g/mol. The highest BCUT2D eigenvalue weighted by molar-refractivity contribution is 9.11. The van der Waals surface area contributed by atoms with E-state index in [-0.39, 0.29) is 5.78 Å². The number of carbonyl (C=O) groups is 1. The summed E-state index contributed by atoms with van der Waals surface area (Å²) in [6.07, 6.45) is 0. The molecule has 0 atom stereocenters. The number of hydrogen-bond acceptors (Lipinski definition) is 2. The first-order valence-electron chi connectivity index (χ1n) is 3.97. The molecule has 0 spiro atoms. The molecule has 1 aromatic heterocycles. The average molecular weight is 318 g/mol. The topological polar surface area (TPSA) is 30.2 Å². The maximum absolute atomic E-state index is 11.1. The van der Waals surface area contributed by atoms with Crippen molar-refractivity contribution >= 4 is 48.6 Å². The quantitative estimate of drug-likeness (QED) is 0.739. The smallest absolute Gasteiger partial charge is 0.194 e. The molecule has 2 rings (SSSR count). The first-order valence-corrected chi connectivity index (χ1v) is 5.56. The Balaban J connectivity index is 2.76. The van der Waals surface area contributed by atoms with Gasteiger partial charge in [0.05, 0.1) is 4.47 Å². The number of rotatable bonds is 1. The molecule has 1 aromatic carbocycles. The van der Waals surface area contributed by atoms with Gasteiger partial charge in [-0.15, -0.1) is 0 Å². The van der Waals surface area contributed by atoms with E-state index in [0.29, 0.717) is 11.3 Å². The summed E-state index contributed by atoms with van der Waals surface area (Å²) in [5, 5.41) is 0.913. The summed E-state index contributed by atoms with van der Waals surface area (Å²) >= 11 is 6.75. The number of benzene rings is 1. The van der Waals surface area contributed by atoms with Gasteiger partial charge >= 0.3 is 0 Å². The minimum absolute atomic E-state index is 0.0655. The van der Waals surface area contributed by atoms with Gasteiger partial charge in [-0.1, -0.05) is 15.9 Å². The summed E-state index contributed by atoms with van der Waals surface area (Å²) in [5.41, 5.74) is 0.707. The zero-order valence-electron chi connectivity index (χ0n) is 7.30. The minimum Gasteiger partial charge on any atom is -0.452 e. The Kier molecular flexibility index (Phi) is 2.49. The highest BCUT2D eigenvalue weighted by atomic mass is 79.9. The third-order valence-corrected chi connectivity index (χ3v) is 2.93. The number of hydrogen-bond donors (Lipinski definition) is 0. The van der Waals surface area contributed by atoms with Gasteiger partial charge in [0, 0.05) is 16.8 Å². The Hall–Kier alpha value is -0.610. The van der Waals surface area contributed by atoms with Crippen molar-refractivity contribution in [1.82, 2.24) is 0 Å². The van der Waals surface area contributed by atoms with E-state index < -0.39 is 0 Å². The normalized spacial score (nSPS) is 10.8. The van der Waals surface area contributed by atoms with Crippen LogP contribution < -0.4 is 0 Å².